The molecule has 0 fully saturated rings. The lowest BCUT2D eigenvalue weighted by molar-refractivity contribution is -0.113. The fraction of sp³-hybridized carbons (Fsp3) is 0.286. The minimum absolute atomic E-state index is 0.115. The second-order valence-corrected chi connectivity index (χ2v) is 7.16. The third-order valence-electron chi connectivity index (χ3n) is 4.09. The Labute approximate surface area is 169 Å². The Morgan fingerprint density at radius 3 is 2.82 bits per heavy atom. The highest BCUT2D eigenvalue weighted by molar-refractivity contribution is 7.99. The van der Waals surface area contributed by atoms with Gasteiger partial charge in [0.05, 0.1) is 18.4 Å². The molecular weight excluding hydrogens is 372 g/mol. The fourth-order valence-electron chi connectivity index (χ4n) is 2.67. The first kappa shape index (κ1) is 19.9. The van der Waals surface area contributed by atoms with Crippen LogP contribution >= 0.6 is 11.8 Å². The molecule has 1 heterocycles. The van der Waals surface area contributed by atoms with Gasteiger partial charge in [-0.2, -0.15) is 0 Å². The SMILES string of the molecule is CCCCNc1nc(SCC(=O)Nc2cccc(OC)c2)nc2ccccc12. The summed E-state index contributed by atoms with van der Waals surface area (Å²) in [6, 6.07) is 15.2. The van der Waals surface area contributed by atoms with E-state index in [1.54, 1.807) is 13.2 Å². The molecule has 28 heavy (non-hydrogen) atoms. The fourth-order valence-corrected chi connectivity index (χ4v) is 3.32. The number of hydrogen-bond donors (Lipinski definition) is 2. The summed E-state index contributed by atoms with van der Waals surface area (Å²) in [6.45, 7) is 3.01. The molecule has 2 aromatic carbocycles. The van der Waals surface area contributed by atoms with E-state index in [2.05, 4.69) is 27.5 Å². The highest BCUT2D eigenvalue weighted by atomic mass is 32.2. The largest absolute Gasteiger partial charge is 0.497 e. The number of para-hydroxylation sites is 1. The second-order valence-electron chi connectivity index (χ2n) is 6.22. The minimum atomic E-state index is -0.115. The van der Waals surface area contributed by atoms with Gasteiger partial charge >= 0.3 is 0 Å². The summed E-state index contributed by atoms with van der Waals surface area (Å²) in [6.07, 6.45) is 2.19. The first-order valence-electron chi connectivity index (χ1n) is 9.27. The molecule has 0 saturated heterocycles. The van der Waals surface area contributed by atoms with Crippen molar-refractivity contribution in [1.29, 1.82) is 0 Å². The normalized spacial score (nSPS) is 10.6. The van der Waals surface area contributed by atoms with Gasteiger partial charge in [-0.3, -0.25) is 4.79 Å². The number of amides is 1. The highest BCUT2D eigenvalue weighted by Crippen LogP contribution is 2.25. The van der Waals surface area contributed by atoms with Crippen molar-refractivity contribution in [2.24, 2.45) is 0 Å². The first-order chi connectivity index (χ1) is 13.7. The van der Waals surface area contributed by atoms with Gasteiger partial charge in [-0.15, -0.1) is 0 Å². The van der Waals surface area contributed by atoms with Crippen LogP contribution < -0.4 is 15.4 Å². The topological polar surface area (TPSA) is 76.1 Å². The number of methoxy groups -OCH3 is 1. The maximum atomic E-state index is 12.3. The first-order valence-corrected chi connectivity index (χ1v) is 10.3. The molecule has 0 unspecified atom stereocenters. The summed E-state index contributed by atoms with van der Waals surface area (Å²) in [7, 11) is 1.60. The number of carbonyl (C=O) groups is 1. The van der Waals surface area contributed by atoms with Crippen LogP contribution in [0.25, 0.3) is 10.9 Å². The standard InChI is InChI=1S/C21H24N4O2S/c1-3-4-12-22-20-17-10-5-6-11-18(17)24-21(25-20)28-14-19(26)23-15-8-7-9-16(13-15)27-2/h5-11,13H,3-4,12,14H2,1-2H3,(H,23,26)(H,22,24,25). The monoisotopic (exact) mass is 396 g/mol. The van der Waals surface area contributed by atoms with Crippen LogP contribution in [-0.4, -0.2) is 35.3 Å². The van der Waals surface area contributed by atoms with Crippen LogP contribution in [0.15, 0.2) is 53.7 Å². The summed E-state index contributed by atoms with van der Waals surface area (Å²) < 4.78 is 5.18. The van der Waals surface area contributed by atoms with E-state index >= 15 is 0 Å². The molecule has 1 amide bonds. The molecule has 0 spiro atoms. The van der Waals surface area contributed by atoms with Gasteiger partial charge in [-0.25, -0.2) is 9.97 Å². The molecule has 0 aliphatic carbocycles. The molecule has 3 aromatic rings. The Bertz CT molecular complexity index is 949. The summed E-state index contributed by atoms with van der Waals surface area (Å²) in [5.74, 6) is 1.63. The van der Waals surface area contributed by atoms with Crippen molar-refractivity contribution in [3.63, 3.8) is 0 Å². The van der Waals surface area contributed by atoms with Crippen LogP contribution in [0, 0.1) is 0 Å². The number of carbonyl (C=O) groups excluding carboxylic acids is 1. The molecule has 0 aliphatic rings. The van der Waals surface area contributed by atoms with E-state index in [1.807, 2.05) is 42.5 Å². The molecule has 7 heteroatoms. The van der Waals surface area contributed by atoms with Gasteiger partial charge in [0.25, 0.3) is 0 Å². The van der Waals surface area contributed by atoms with Gasteiger partial charge < -0.3 is 15.4 Å². The molecule has 2 N–H and O–H groups in total. The number of hydrogen-bond acceptors (Lipinski definition) is 6. The number of fused-ring (bicyclic) bond motifs is 1. The lowest BCUT2D eigenvalue weighted by Gasteiger charge is -2.10. The number of rotatable bonds is 9. The second kappa shape index (κ2) is 9.94. The van der Waals surface area contributed by atoms with E-state index in [0.29, 0.717) is 16.6 Å². The Morgan fingerprint density at radius 2 is 2.00 bits per heavy atom. The van der Waals surface area contributed by atoms with Crippen molar-refractivity contribution < 1.29 is 9.53 Å². The Hall–Kier alpha value is -2.80. The minimum Gasteiger partial charge on any atom is -0.497 e. The van der Waals surface area contributed by atoms with Crippen molar-refractivity contribution in [3.05, 3.63) is 48.5 Å². The van der Waals surface area contributed by atoms with Crippen molar-refractivity contribution in [2.75, 3.05) is 30.0 Å². The molecule has 146 valence electrons. The third kappa shape index (κ3) is 5.36. The number of unbranched alkanes of at least 4 members (excludes halogenated alkanes) is 1. The maximum Gasteiger partial charge on any atom is 0.234 e. The smallest absolute Gasteiger partial charge is 0.234 e. The quantitative estimate of drug-likeness (QED) is 0.313. The van der Waals surface area contributed by atoms with Gasteiger partial charge in [0.2, 0.25) is 5.91 Å². The number of aromatic nitrogens is 2. The lowest BCUT2D eigenvalue weighted by Crippen LogP contribution is -2.14. The highest BCUT2D eigenvalue weighted by Gasteiger charge is 2.10. The van der Waals surface area contributed by atoms with Crippen molar-refractivity contribution in [3.8, 4) is 5.75 Å². The van der Waals surface area contributed by atoms with Gasteiger partial charge in [-0.1, -0.05) is 43.3 Å². The summed E-state index contributed by atoms with van der Waals surface area (Å²) >= 11 is 1.32. The van der Waals surface area contributed by atoms with E-state index in [0.717, 1.165) is 36.1 Å². The number of benzene rings is 2. The van der Waals surface area contributed by atoms with Crippen LogP contribution in [0.3, 0.4) is 0 Å². The van der Waals surface area contributed by atoms with Gasteiger partial charge in [0, 0.05) is 23.7 Å². The molecular formula is C21H24N4O2S. The Balaban J connectivity index is 1.68. The molecule has 3 rings (SSSR count). The van der Waals surface area contributed by atoms with Crippen LogP contribution in [-0.2, 0) is 4.79 Å². The van der Waals surface area contributed by atoms with Crippen LogP contribution in [0.2, 0.25) is 0 Å². The van der Waals surface area contributed by atoms with Crippen LogP contribution in [0.1, 0.15) is 19.8 Å². The van der Waals surface area contributed by atoms with E-state index in [4.69, 9.17) is 4.74 Å². The summed E-state index contributed by atoms with van der Waals surface area (Å²) in [4.78, 5) is 21.5. The van der Waals surface area contributed by atoms with Crippen molar-refractivity contribution in [2.45, 2.75) is 24.9 Å². The van der Waals surface area contributed by atoms with E-state index < -0.39 is 0 Å². The molecule has 0 radical (unpaired) electrons. The lowest BCUT2D eigenvalue weighted by atomic mass is 10.2. The molecule has 0 bridgehead atoms. The van der Waals surface area contributed by atoms with Gasteiger partial charge in [0.15, 0.2) is 5.16 Å². The zero-order valence-electron chi connectivity index (χ0n) is 16.1. The molecule has 0 aliphatic heterocycles. The maximum absolute atomic E-state index is 12.3. The van der Waals surface area contributed by atoms with Gasteiger partial charge in [0.1, 0.15) is 11.6 Å². The zero-order chi connectivity index (χ0) is 19.8. The van der Waals surface area contributed by atoms with E-state index in [-0.39, 0.29) is 11.7 Å². The molecule has 0 saturated carbocycles. The summed E-state index contributed by atoms with van der Waals surface area (Å²) in [5, 5.41) is 7.83. The summed E-state index contributed by atoms with van der Waals surface area (Å²) in [5.41, 5.74) is 1.57. The number of nitrogens with zero attached hydrogens (tertiary/aromatic N) is 2. The predicted molar refractivity (Wildman–Crippen MR) is 115 cm³/mol. The van der Waals surface area contributed by atoms with Crippen LogP contribution in [0.5, 0.6) is 5.75 Å². The third-order valence-corrected chi connectivity index (χ3v) is 4.94. The average Bonchev–Trinajstić information content (AvgIpc) is 2.72. The van der Waals surface area contributed by atoms with Crippen molar-refractivity contribution in [1.82, 2.24) is 9.97 Å². The number of thioether (sulfide) groups is 1. The number of anilines is 2. The predicted octanol–water partition coefficient (Wildman–Crippen LogP) is 4.58. The van der Waals surface area contributed by atoms with Crippen LogP contribution in [0.4, 0.5) is 11.5 Å². The number of ether oxygens (including phenoxy) is 1. The molecule has 1 aromatic heterocycles. The zero-order valence-corrected chi connectivity index (χ0v) is 16.9. The van der Waals surface area contributed by atoms with E-state index in [1.165, 1.54) is 11.8 Å². The van der Waals surface area contributed by atoms with Crippen molar-refractivity contribution >= 4 is 40.1 Å². The molecule has 6 nitrogen and oxygen atoms in total. The van der Waals surface area contributed by atoms with E-state index in [9.17, 15) is 4.79 Å². The average molecular weight is 397 g/mol. The molecule has 0 atom stereocenters. The van der Waals surface area contributed by atoms with Gasteiger partial charge in [-0.05, 0) is 30.7 Å². The Morgan fingerprint density at radius 1 is 1.14 bits per heavy atom. The number of nitrogens with one attached hydrogen (secondary N) is 2. The Kier molecular flexibility index (Phi) is 7.08.